The zero-order valence-corrected chi connectivity index (χ0v) is 17.2. The van der Waals surface area contributed by atoms with Crippen molar-refractivity contribution >= 4 is 17.7 Å². The topological polar surface area (TPSA) is 78.5 Å². The predicted octanol–water partition coefficient (Wildman–Crippen LogP) is 2.30. The highest BCUT2D eigenvalue weighted by Crippen LogP contribution is 2.43. The maximum absolute atomic E-state index is 12.9. The Morgan fingerprint density at radius 1 is 1.21 bits per heavy atom. The van der Waals surface area contributed by atoms with Gasteiger partial charge in [-0.05, 0) is 43.7 Å². The number of hydrogen-bond acceptors (Lipinski definition) is 3. The molecule has 1 heterocycles. The van der Waals surface area contributed by atoms with Crippen LogP contribution in [0.25, 0.3) is 0 Å². The molecule has 1 saturated carbocycles. The molecule has 1 aromatic carbocycles. The second kappa shape index (κ2) is 9.25. The monoisotopic (exact) mass is 397 g/mol. The number of likely N-dealkylation sites (tertiary alicyclic amines) is 1. The number of carbonyl (C=O) groups excluding carboxylic acids is 3. The first-order valence-corrected chi connectivity index (χ1v) is 10.5. The molecule has 2 fully saturated rings. The summed E-state index contributed by atoms with van der Waals surface area (Å²) in [6.07, 6.45) is 5.87. The molecule has 0 aromatic heterocycles. The molecule has 0 bridgehead atoms. The molecule has 1 saturated heterocycles. The van der Waals surface area contributed by atoms with Crippen LogP contribution in [0.5, 0.6) is 0 Å². The summed E-state index contributed by atoms with van der Waals surface area (Å²) in [5.41, 5.74) is 0.971. The van der Waals surface area contributed by atoms with Crippen LogP contribution in [0.2, 0.25) is 0 Å². The summed E-state index contributed by atoms with van der Waals surface area (Å²) in [5.74, 6) is -0.193. The summed E-state index contributed by atoms with van der Waals surface area (Å²) >= 11 is 0. The standard InChI is InChI=1S/C23H31N3O3/c1-3-20(27)24-16-23(17-10-6-5-7-11-17)14-18(15-23)25-22(29)19-12-8-9-13-26(19)21(28)4-2/h3,5-7,10-11,18-19H,1,4,8-9,12-16H2,2H3,(H,24,27)(H,25,29). The van der Waals surface area contributed by atoms with E-state index in [0.717, 1.165) is 37.7 Å². The van der Waals surface area contributed by atoms with Crippen molar-refractivity contribution in [2.75, 3.05) is 13.1 Å². The third kappa shape index (κ3) is 4.69. The van der Waals surface area contributed by atoms with Gasteiger partial charge in [-0.25, -0.2) is 0 Å². The van der Waals surface area contributed by atoms with Crippen molar-refractivity contribution in [1.29, 1.82) is 0 Å². The maximum atomic E-state index is 12.9. The van der Waals surface area contributed by atoms with E-state index in [2.05, 4.69) is 29.3 Å². The molecule has 29 heavy (non-hydrogen) atoms. The van der Waals surface area contributed by atoms with Crippen LogP contribution in [0.4, 0.5) is 0 Å². The Bertz CT molecular complexity index is 756. The molecule has 1 aromatic rings. The Morgan fingerprint density at radius 3 is 2.59 bits per heavy atom. The second-order valence-corrected chi connectivity index (χ2v) is 8.13. The van der Waals surface area contributed by atoms with Gasteiger partial charge in [-0.3, -0.25) is 14.4 Å². The number of nitrogens with one attached hydrogen (secondary N) is 2. The summed E-state index contributed by atoms with van der Waals surface area (Å²) < 4.78 is 0. The fourth-order valence-electron chi connectivity index (χ4n) is 4.59. The first-order valence-electron chi connectivity index (χ1n) is 10.5. The fraction of sp³-hybridized carbons (Fsp3) is 0.522. The van der Waals surface area contributed by atoms with Crippen molar-refractivity contribution in [1.82, 2.24) is 15.5 Å². The highest BCUT2D eigenvalue weighted by molar-refractivity contribution is 5.88. The molecular formula is C23H31N3O3. The quantitative estimate of drug-likeness (QED) is 0.693. The van der Waals surface area contributed by atoms with Crippen LogP contribution in [0.1, 0.15) is 51.0 Å². The largest absolute Gasteiger partial charge is 0.352 e. The molecule has 0 spiro atoms. The third-order valence-corrected chi connectivity index (χ3v) is 6.22. The number of carbonyl (C=O) groups is 3. The van der Waals surface area contributed by atoms with Crippen molar-refractivity contribution in [2.24, 2.45) is 0 Å². The van der Waals surface area contributed by atoms with Gasteiger partial charge in [0.25, 0.3) is 0 Å². The molecule has 6 heteroatoms. The minimum Gasteiger partial charge on any atom is -0.352 e. The van der Waals surface area contributed by atoms with Crippen molar-refractivity contribution in [3.8, 4) is 0 Å². The average molecular weight is 398 g/mol. The molecule has 1 aliphatic heterocycles. The molecule has 1 aliphatic carbocycles. The van der Waals surface area contributed by atoms with Crippen molar-refractivity contribution in [3.05, 3.63) is 48.6 Å². The lowest BCUT2D eigenvalue weighted by molar-refractivity contribution is -0.142. The molecule has 6 nitrogen and oxygen atoms in total. The van der Waals surface area contributed by atoms with Crippen molar-refractivity contribution < 1.29 is 14.4 Å². The first kappa shape index (κ1) is 21.1. The van der Waals surface area contributed by atoms with Crippen molar-refractivity contribution in [2.45, 2.75) is 62.9 Å². The molecular weight excluding hydrogens is 366 g/mol. The molecule has 3 amide bonds. The van der Waals surface area contributed by atoms with E-state index >= 15 is 0 Å². The van der Waals surface area contributed by atoms with E-state index in [9.17, 15) is 14.4 Å². The van der Waals surface area contributed by atoms with Gasteiger partial charge in [-0.15, -0.1) is 0 Å². The summed E-state index contributed by atoms with van der Waals surface area (Å²) in [6.45, 7) is 6.52. The zero-order chi connectivity index (χ0) is 20.9. The van der Waals surface area contributed by atoms with Gasteiger partial charge in [0.05, 0.1) is 0 Å². The van der Waals surface area contributed by atoms with Gasteiger partial charge >= 0.3 is 0 Å². The summed E-state index contributed by atoms with van der Waals surface area (Å²) in [5, 5.41) is 6.07. The molecule has 1 atom stereocenters. The fourth-order valence-corrected chi connectivity index (χ4v) is 4.59. The molecule has 1 unspecified atom stereocenters. The van der Waals surface area contributed by atoms with E-state index in [1.807, 2.05) is 25.1 Å². The highest BCUT2D eigenvalue weighted by atomic mass is 16.2. The summed E-state index contributed by atoms with van der Waals surface area (Å²) in [6, 6.07) is 9.79. The van der Waals surface area contributed by atoms with Gasteiger partial charge in [-0.1, -0.05) is 43.8 Å². The number of benzene rings is 1. The lowest BCUT2D eigenvalue weighted by Gasteiger charge is -2.49. The number of piperidine rings is 1. The Morgan fingerprint density at radius 2 is 1.93 bits per heavy atom. The van der Waals surface area contributed by atoms with Crippen LogP contribution in [-0.4, -0.2) is 47.8 Å². The molecule has 0 radical (unpaired) electrons. The van der Waals surface area contributed by atoms with Crippen LogP contribution in [0.15, 0.2) is 43.0 Å². The van der Waals surface area contributed by atoms with E-state index in [1.54, 1.807) is 4.90 Å². The van der Waals surface area contributed by atoms with Gasteiger partial charge in [0.1, 0.15) is 6.04 Å². The van der Waals surface area contributed by atoms with E-state index in [1.165, 1.54) is 6.08 Å². The molecule has 156 valence electrons. The predicted molar refractivity (Wildman–Crippen MR) is 112 cm³/mol. The SMILES string of the molecule is C=CC(=O)NCC1(c2ccccc2)CC(NC(=O)C2CCCCN2C(=O)CC)C1. The number of hydrogen-bond donors (Lipinski definition) is 2. The summed E-state index contributed by atoms with van der Waals surface area (Å²) in [4.78, 5) is 38.5. The first-order chi connectivity index (χ1) is 14.0. The van der Waals surface area contributed by atoms with Crippen LogP contribution in [-0.2, 0) is 19.8 Å². The van der Waals surface area contributed by atoms with E-state index in [4.69, 9.17) is 0 Å². The van der Waals surface area contributed by atoms with Gasteiger partial charge in [0.15, 0.2) is 0 Å². The Hall–Kier alpha value is -2.63. The molecule has 2 N–H and O–H groups in total. The lowest BCUT2D eigenvalue weighted by atomic mass is 9.61. The summed E-state index contributed by atoms with van der Waals surface area (Å²) in [7, 11) is 0. The maximum Gasteiger partial charge on any atom is 0.243 e. The molecule has 3 rings (SSSR count). The third-order valence-electron chi connectivity index (χ3n) is 6.22. The van der Waals surface area contributed by atoms with Crippen LogP contribution in [0.3, 0.4) is 0 Å². The minimum atomic E-state index is -0.358. The van der Waals surface area contributed by atoms with Gasteiger partial charge in [-0.2, -0.15) is 0 Å². The average Bonchev–Trinajstić information content (AvgIpc) is 2.74. The normalized spacial score (nSPS) is 26.2. The van der Waals surface area contributed by atoms with Crippen molar-refractivity contribution in [3.63, 3.8) is 0 Å². The minimum absolute atomic E-state index is 0.0452. The van der Waals surface area contributed by atoms with Crippen LogP contribution < -0.4 is 10.6 Å². The number of amides is 3. The van der Waals surface area contributed by atoms with Gasteiger partial charge in [0.2, 0.25) is 17.7 Å². The second-order valence-electron chi connectivity index (χ2n) is 8.13. The highest BCUT2D eigenvalue weighted by Gasteiger charge is 2.47. The van der Waals surface area contributed by atoms with E-state index in [0.29, 0.717) is 19.5 Å². The van der Waals surface area contributed by atoms with E-state index in [-0.39, 0.29) is 35.2 Å². The lowest BCUT2D eigenvalue weighted by Crippen LogP contribution is -2.61. The van der Waals surface area contributed by atoms with Gasteiger partial charge in [0, 0.05) is 31.0 Å². The van der Waals surface area contributed by atoms with Crippen LogP contribution in [0, 0.1) is 0 Å². The van der Waals surface area contributed by atoms with Gasteiger partial charge < -0.3 is 15.5 Å². The number of rotatable bonds is 7. The molecule has 2 aliphatic rings. The van der Waals surface area contributed by atoms with Crippen LogP contribution >= 0.6 is 0 Å². The smallest absolute Gasteiger partial charge is 0.243 e. The Kier molecular flexibility index (Phi) is 6.72. The van der Waals surface area contributed by atoms with E-state index < -0.39 is 0 Å². The Labute approximate surface area is 172 Å². The zero-order valence-electron chi connectivity index (χ0n) is 17.2. The number of nitrogens with zero attached hydrogens (tertiary/aromatic N) is 1. The Balaban J connectivity index is 1.64.